The number of carbonyl (C=O) groups is 1. The lowest BCUT2D eigenvalue weighted by Crippen LogP contribution is -2.47. The Morgan fingerprint density at radius 3 is 2.67 bits per heavy atom. The van der Waals surface area contributed by atoms with Gasteiger partial charge in [-0.25, -0.2) is 4.98 Å². The third-order valence-electron chi connectivity index (χ3n) is 3.27. The summed E-state index contributed by atoms with van der Waals surface area (Å²) in [6.07, 6.45) is 0. The van der Waals surface area contributed by atoms with Gasteiger partial charge in [-0.1, -0.05) is 12.1 Å². The zero-order chi connectivity index (χ0) is 12.5. The SMILES string of the molecule is CN1CCN(C(=O)c2nc3ccccc3o2)CC1. The van der Waals surface area contributed by atoms with Crippen LogP contribution in [0.3, 0.4) is 0 Å². The molecule has 0 unspecified atom stereocenters. The van der Waals surface area contributed by atoms with Gasteiger partial charge in [0.1, 0.15) is 5.52 Å². The van der Waals surface area contributed by atoms with E-state index in [1.807, 2.05) is 24.3 Å². The number of carbonyl (C=O) groups excluding carboxylic acids is 1. The van der Waals surface area contributed by atoms with Crippen molar-refractivity contribution in [1.29, 1.82) is 0 Å². The Kier molecular flexibility index (Phi) is 2.76. The summed E-state index contributed by atoms with van der Waals surface area (Å²) in [4.78, 5) is 20.5. The molecule has 1 aromatic carbocycles. The van der Waals surface area contributed by atoms with Crippen molar-refractivity contribution >= 4 is 17.0 Å². The molecule has 0 N–H and O–H groups in total. The van der Waals surface area contributed by atoms with Crippen LogP contribution in [0.5, 0.6) is 0 Å². The second-order valence-electron chi connectivity index (χ2n) is 4.58. The number of hydrogen-bond acceptors (Lipinski definition) is 4. The Hall–Kier alpha value is -1.88. The number of nitrogens with zero attached hydrogens (tertiary/aromatic N) is 3. The highest BCUT2D eigenvalue weighted by molar-refractivity contribution is 5.92. The molecule has 2 heterocycles. The van der Waals surface area contributed by atoms with Gasteiger partial charge in [0.05, 0.1) is 0 Å². The molecule has 2 aromatic rings. The molecule has 1 fully saturated rings. The Balaban J connectivity index is 1.83. The van der Waals surface area contributed by atoms with Gasteiger partial charge in [0.25, 0.3) is 5.89 Å². The second kappa shape index (κ2) is 4.42. The maximum absolute atomic E-state index is 12.2. The van der Waals surface area contributed by atoms with E-state index in [1.54, 1.807) is 4.90 Å². The zero-order valence-electron chi connectivity index (χ0n) is 10.3. The first kappa shape index (κ1) is 11.2. The van der Waals surface area contributed by atoms with Gasteiger partial charge in [-0.15, -0.1) is 0 Å². The maximum Gasteiger partial charge on any atom is 0.309 e. The van der Waals surface area contributed by atoms with Gasteiger partial charge in [-0.2, -0.15) is 0 Å². The van der Waals surface area contributed by atoms with E-state index in [4.69, 9.17) is 4.42 Å². The number of fused-ring (bicyclic) bond motifs is 1. The van der Waals surface area contributed by atoms with Crippen LogP contribution in [0, 0.1) is 0 Å². The Labute approximate surface area is 105 Å². The minimum atomic E-state index is -0.112. The molecule has 18 heavy (non-hydrogen) atoms. The van der Waals surface area contributed by atoms with E-state index >= 15 is 0 Å². The fraction of sp³-hybridized carbons (Fsp3) is 0.385. The first-order chi connectivity index (χ1) is 8.74. The van der Waals surface area contributed by atoms with Crippen molar-refractivity contribution in [3.63, 3.8) is 0 Å². The molecule has 0 aliphatic carbocycles. The largest absolute Gasteiger partial charge is 0.432 e. The predicted octanol–water partition coefficient (Wildman–Crippen LogP) is 1.22. The summed E-state index contributed by atoms with van der Waals surface area (Å²) >= 11 is 0. The second-order valence-corrected chi connectivity index (χ2v) is 4.58. The molecule has 0 radical (unpaired) electrons. The van der Waals surface area contributed by atoms with Crippen molar-refractivity contribution in [2.75, 3.05) is 33.2 Å². The molecule has 0 spiro atoms. The summed E-state index contributed by atoms with van der Waals surface area (Å²) in [7, 11) is 2.06. The van der Waals surface area contributed by atoms with E-state index in [0.717, 1.165) is 31.7 Å². The van der Waals surface area contributed by atoms with Gasteiger partial charge in [0.2, 0.25) is 0 Å². The molecular weight excluding hydrogens is 230 g/mol. The molecule has 94 valence electrons. The van der Waals surface area contributed by atoms with Crippen LogP contribution < -0.4 is 0 Å². The summed E-state index contributed by atoms with van der Waals surface area (Å²) in [5, 5.41) is 0. The number of oxazole rings is 1. The standard InChI is InChI=1S/C13H15N3O2/c1-15-6-8-16(9-7-15)13(17)12-14-10-4-2-3-5-11(10)18-12/h2-5H,6-9H2,1H3. The highest BCUT2D eigenvalue weighted by Gasteiger charge is 2.24. The first-order valence-corrected chi connectivity index (χ1v) is 6.07. The normalized spacial score (nSPS) is 17.3. The van der Waals surface area contributed by atoms with Crippen LogP contribution in [0.15, 0.2) is 28.7 Å². The Morgan fingerprint density at radius 2 is 1.94 bits per heavy atom. The smallest absolute Gasteiger partial charge is 0.309 e. The molecule has 1 amide bonds. The van der Waals surface area contributed by atoms with Gasteiger partial charge in [0.15, 0.2) is 5.58 Å². The highest BCUT2D eigenvalue weighted by atomic mass is 16.4. The summed E-state index contributed by atoms with van der Waals surface area (Å²) in [6, 6.07) is 7.43. The number of amides is 1. The molecular formula is C13H15N3O2. The maximum atomic E-state index is 12.2. The topological polar surface area (TPSA) is 49.6 Å². The lowest BCUT2D eigenvalue weighted by molar-refractivity contribution is 0.0627. The molecule has 1 saturated heterocycles. The Bertz CT molecular complexity index is 537. The van der Waals surface area contributed by atoms with Gasteiger partial charge in [-0.3, -0.25) is 4.79 Å². The van der Waals surface area contributed by atoms with Gasteiger partial charge in [-0.05, 0) is 19.2 Å². The van der Waals surface area contributed by atoms with Gasteiger partial charge >= 0.3 is 5.91 Å². The predicted molar refractivity (Wildman–Crippen MR) is 67.4 cm³/mol. The van der Waals surface area contributed by atoms with E-state index in [9.17, 15) is 4.79 Å². The van der Waals surface area contributed by atoms with E-state index in [1.165, 1.54) is 0 Å². The number of rotatable bonds is 1. The third-order valence-corrected chi connectivity index (χ3v) is 3.27. The molecule has 5 nitrogen and oxygen atoms in total. The number of piperazine rings is 1. The molecule has 0 atom stereocenters. The average molecular weight is 245 g/mol. The number of likely N-dealkylation sites (N-methyl/N-ethyl adjacent to an activating group) is 1. The first-order valence-electron chi connectivity index (χ1n) is 6.07. The minimum absolute atomic E-state index is 0.112. The fourth-order valence-corrected chi connectivity index (χ4v) is 2.11. The van der Waals surface area contributed by atoms with Gasteiger partial charge in [0, 0.05) is 26.2 Å². The van der Waals surface area contributed by atoms with Crippen LogP contribution in [-0.4, -0.2) is 53.9 Å². The van der Waals surface area contributed by atoms with E-state index < -0.39 is 0 Å². The minimum Gasteiger partial charge on any atom is -0.432 e. The van der Waals surface area contributed by atoms with Crippen molar-refractivity contribution in [2.24, 2.45) is 0 Å². The molecule has 3 rings (SSSR count). The number of benzene rings is 1. The number of para-hydroxylation sites is 2. The van der Waals surface area contributed by atoms with Crippen LogP contribution >= 0.6 is 0 Å². The lowest BCUT2D eigenvalue weighted by atomic mass is 10.3. The van der Waals surface area contributed by atoms with Crippen molar-refractivity contribution < 1.29 is 9.21 Å². The van der Waals surface area contributed by atoms with Crippen LogP contribution in [0.1, 0.15) is 10.7 Å². The molecule has 1 aliphatic heterocycles. The monoisotopic (exact) mass is 245 g/mol. The molecule has 0 saturated carbocycles. The van der Waals surface area contributed by atoms with E-state index in [-0.39, 0.29) is 11.8 Å². The summed E-state index contributed by atoms with van der Waals surface area (Å²) < 4.78 is 5.49. The van der Waals surface area contributed by atoms with Crippen molar-refractivity contribution in [3.05, 3.63) is 30.2 Å². The van der Waals surface area contributed by atoms with Crippen molar-refractivity contribution in [3.8, 4) is 0 Å². The third kappa shape index (κ3) is 1.97. The van der Waals surface area contributed by atoms with Crippen LogP contribution in [0.4, 0.5) is 0 Å². The van der Waals surface area contributed by atoms with E-state index in [2.05, 4.69) is 16.9 Å². The number of aromatic nitrogens is 1. The average Bonchev–Trinajstić information content (AvgIpc) is 2.82. The van der Waals surface area contributed by atoms with Crippen LogP contribution in [-0.2, 0) is 0 Å². The number of hydrogen-bond donors (Lipinski definition) is 0. The van der Waals surface area contributed by atoms with Crippen molar-refractivity contribution in [2.45, 2.75) is 0 Å². The molecule has 1 aliphatic rings. The molecule has 0 bridgehead atoms. The fourth-order valence-electron chi connectivity index (χ4n) is 2.11. The molecule has 1 aromatic heterocycles. The van der Waals surface area contributed by atoms with Crippen LogP contribution in [0.2, 0.25) is 0 Å². The summed E-state index contributed by atoms with van der Waals surface area (Å²) in [6.45, 7) is 3.25. The Morgan fingerprint density at radius 1 is 1.22 bits per heavy atom. The summed E-state index contributed by atoms with van der Waals surface area (Å²) in [5.41, 5.74) is 1.39. The highest BCUT2D eigenvalue weighted by Crippen LogP contribution is 2.16. The van der Waals surface area contributed by atoms with E-state index in [0.29, 0.717) is 5.58 Å². The summed E-state index contributed by atoms with van der Waals surface area (Å²) in [5.74, 6) is 0.0834. The quantitative estimate of drug-likeness (QED) is 0.758. The molecule has 5 heteroatoms. The van der Waals surface area contributed by atoms with Crippen molar-refractivity contribution in [1.82, 2.24) is 14.8 Å². The lowest BCUT2D eigenvalue weighted by Gasteiger charge is -2.31. The van der Waals surface area contributed by atoms with Gasteiger partial charge < -0.3 is 14.2 Å². The zero-order valence-corrected chi connectivity index (χ0v) is 10.3. The van der Waals surface area contributed by atoms with Crippen LogP contribution in [0.25, 0.3) is 11.1 Å².